The minimum atomic E-state index is -0.0584. The molecular formula is C23H23N5O3S. The third kappa shape index (κ3) is 3.85. The molecule has 0 spiro atoms. The van der Waals surface area contributed by atoms with Crippen LogP contribution < -0.4 is 10.3 Å². The van der Waals surface area contributed by atoms with Crippen LogP contribution in [0, 0.1) is 6.92 Å². The van der Waals surface area contributed by atoms with Crippen molar-refractivity contribution in [3.05, 3.63) is 69.2 Å². The zero-order valence-corrected chi connectivity index (χ0v) is 18.8. The highest BCUT2D eigenvalue weighted by Crippen LogP contribution is 2.23. The Hall–Kier alpha value is -3.30. The summed E-state index contributed by atoms with van der Waals surface area (Å²) in [7, 11) is 1.63. The van der Waals surface area contributed by atoms with Crippen molar-refractivity contribution >= 4 is 33.1 Å². The van der Waals surface area contributed by atoms with Crippen molar-refractivity contribution in [2.45, 2.75) is 13.5 Å². The number of fused-ring (bicyclic) bond motifs is 2. The van der Waals surface area contributed by atoms with Gasteiger partial charge >= 0.3 is 0 Å². The molecule has 1 fully saturated rings. The predicted molar refractivity (Wildman–Crippen MR) is 124 cm³/mol. The normalized spacial score (nSPS) is 14.9. The van der Waals surface area contributed by atoms with Crippen molar-refractivity contribution in [2.24, 2.45) is 0 Å². The number of carbonyl (C=O) groups excluding carboxylic acids is 1. The van der Waals surface area contributed by atoms with Gasteiger partial charge in [-0.1, -0.05) is 0 Å². The molecule has 1 aromatic carbocycles. The molecule has 1 aliphatic heterocycles. The lowest BCUT2D eigenvalue weighted by atomic mass is 10.1. The van der Waals surface area contributed by atoms with Crippen LogP contribution in [0.4, 0.5) is 0 Å². The molecule has 5 rings (SSSR count). The first-order chi connectivity index (χ1) is 15.5. The van der Waals surface area contributed by atoms with E-state index in [1.165, 1.54) is 11.3 Å². The third-order valence-electron chi connectivity index (χ3n) is 5.85. The molecule has 0 N–H and O–H groups in total. The highest BCUT2D eigenvalue weighted by atomic mass is 32.1. The van der Waals surface area contributed by atoms with Crippen LogP contribution in [0.15, 0.2) is 46.7 Å². The smallest absolute Gasteiger partial charge is 0.258 e. The number of nitrogens with zero attached hydrogens (tertiary/aromatic N) is 5. The molecule has 164 valence electrons. The molecule has 8 nitrogen and oxygen atoms in total. The van der Waals surface area contributed by atoms with E-state index >= 15 is 0 Å². The molecule has 0 radical (unpaired) electrons. The number of thiazole rings is 1. The number of piperazine rings is 1. The van der Waals surface area contributed by atoms with Crippen LogP contribution in [-0.4, -0.2) is 63.4 Å². The van der Waals surface area contributed by atoms with Crippen LogP contribution in [0.25, 0.3) is 15.9 Å². The van der Waals surface area contributed by atoms with Gasteiger partial charge < -0.3 is 9.64 Å². The molecule has 0 saturated carbocycles. The predicted octanol–water partition coefficient (Wildman–Crippen LogP) is 2.58. The van der Waals surface area contributed by atoms with Crippen LogP contribution in [-0.2, 0) is 6.54 Å². The van der Waals surface area contributed by atoms with Crippen LogP contribution in [0.5, 0.6) is 5.75 Å². The topological polar surface area (TPSA) is 80.0 Å². The molecular weight excluding hydrogens is 426 g/mol. The average molecular weight is 450 g/mol. The maximum Gasteiger partial charge on any atom is 0.258 e. The fourth-order valence-electron chi connectivity index (χ4n) is 4.06. The van der Waals surface area contributed by atoms with Gasteiger partial charge in [0, 0.05) is 61.8 Å². The highest BCUT2D eigenvalue weighted by Gasteiger charge is 2.24. The molecule has 9 heteroatoms. The first-order valence-corrected chi connectivity index (χ1v) is 11.3. The van der Waals surface area contributed by atoms with E-state index in [0.29, 0.717) is 35.9 Å². The Labute approximate surface area is 188 Å². The van der Waals surface area contributed by atoms with E-state index in [0.717, 1.165) is 35.4 Å². The van der Waals surface area contributed by atoms with Gasteiger partial charge in [-0.15, -0.1) is 11.3 Å². The summed E-state index contributed by atoms with van der Waals surface area (Å²) in [4.78, 5) is 39.4. The molecule has 0 bridgehead atoms. The quantitative estimate of drug-likeness (QED) is 0.477. The second kappa shape index (κ2) is 8.33. The summed E-state index contributed by atoms with van der Waals surface area (Å²) in [5.41, 5.74) is 2.87. The Balaban J connectivity index is 1.28. The summed E-state index contributed by atoms with van der Waals surface area (Å²) in [6, 6.07) is 9.19. The summed E-state index contributed by atoms with van der Waals surface area (Å²) < 4.78 is 6.83. The van der Waals surface area contributed by atoms with Crippen molar-refractivity contribution in [2.75, 3.05) is 33.3 Å². The number of methoxy groups -OCH3 is 1. The molecule has 4 aromatic rings. The van der Waals surface area contributed by atoms with Gasteiger partial charge in [0.25, 0.3) is 11.5 Å². The zero-order chi connectivity index (χ0) is 22.2. The van der Waals surface area contributed by atoms with Crippen LogP contribution in [0.3, 0.4) is 0 Å². The lowest BCUT2D eigenvalue weighted by Gasteiger charge is -2.34. The summed E-state index contributed by atoms with van der Waals surface area (Å²) >= 11 is 1.45. The molecule has 1 amide bonds. The van der Waals surface area contributed by atoms with E-state index in [-0.39, 0.29) is 11.5 Å². The van der Waals surface area contributed by atoms with E-state index < -0.39 is 0 Å². The average Bonchev–Trinajstić information content (AvgIpc) is 3.27. The van der Waals surface area contributed by atoms with Gasteiger partial charge in [-0.2, -0.15) is 0 Å². The fraction of sp³-hybridized carbons (Fsp3) is 0.304. The van der Waals surface area contributed by atoms with Gasteiger partial charge in [0.05, 0.1) is 29.6 Å². The first kappa shape index (κ1) is 20.6. The molecule has 0 unspecified atom stereocenters. The molecule has 0 aliphatic carbocycles. The Morgan fingerprint density at radius 1 is 1.12 bits per heavy atom. The van der Waals surface area contributed by atoms with E-state index in [9.17, 15) is 9.59 Å². The summed E-state index contributed by atoms with van der Waals surface area (Å²) in [5, 5.41) is 2.78. The van der Waals surface area contributed by atoms with Crippen molar-refractivity contribution in [3.8, 4) is 5.75 Å². The number of hydrogen-bond donors (Lipinski definition) is 0. The molecule has 1 aliphatic rings. The van der Waals surface area contributed by atoms with Gasteiger partial charge in [0.1, 0.15) is 5.75 Å². The minimum absolute atomic E-state index is 0.00347. The lowest BCUT2D eigenvalue weighted by molar-refractivity contribution is 0.0626. The van der Waals surface area contributed by atoms with Crippen LogP contribution in [0.2, 0.25) is 0 Å². The SMILES string of the molecule is COc1ccc2cc(C(=O)N3CCN(Cc4cc(=O)n5ccsc5n4)CC3)c(C)nc2c1. The maximum absolute atomic E-state index is 13.2. The molecule has 3 aromatic heterocycles. The number of benzene rings is 1. The molecule has 32 heavy (non-hydrogen) atoms. The lowest BCUT2D eigenvalue weighted by Crippen LogP contribution is -2.48. The van der Waals surface area contributed by atoms with Crippen molar-refractivity contribution in [1.29, 1.82) is 0 Å². The molecule has 1 saturated heterocycles. The number of carbonyl (C=O) groups is 1. The monoisotopic (exact) mass is 449 g/mol. The van der Waals surface area contributed by atoms with Gasteiger partial charge in [-0.3, -0.25) is 23.9 Å². The number of rotatable bonds is 4. The van der Waals surface area contributed by atoms with Crippen molar-refractivity contribution in [3.63, 3.8) is 0 Å². The third-order valence-corrected chi connectivity index (χ3v) is 6.60. The number of amides is 1. The van der Waals surface area contributed by atoms with Crippen LogP contribution >= 0.6 is 11.3 Å². The van der Waals surface area contributed by atoms with Gasteiger partial charge in [0.2, 0.25) is 0 Å². The Morgan fingerprint density at radius 3 is 2.72 bits per heavy atom. The summed E-state index contributed by atoms with van der Waals surface area (Å²) in [6.45, 7) is 5.18. The van der Waals surface area contributed by atoms with E-state index in [1.807, 2.05) is 41.5 Å². The second-order valence-corrected chi connectivity index (χ2v) is 8.76. The number of hydrogen-bond acceptors (Lipinski definition) is 7. The Morgan fingerprint density at radius 2 is 1.94 bits per heavy atom. The number of pyridine rings is 1. The maximum atomic E-state index is 13.2. The minimum Gasteiger partial charge on any atom is -0.497 e. The Kier molecular flexibility index (Phi) is 5.36. The summed E-state index contributed by atoms with van der Waals surface area (Å²) in [6.07, 6.45) is 1.74. The first-order valence-electron chi connectivity index (χ1n) is 10.4. The largest absolute Gasteiger partial charge is 0.497 e. The van der Waals surface area contributed by atoms with E-state index in [1.54, 1.807) is 23.8 Å². The number of aryl methyl sites for hydroxylation is 1. The molecule has 0 atom stereocenters. The number of ether oxygens (including phenoxy) is 1. The number of aromatic nitrogens is 3. The highest BCUT2D eigenvalue weighted by molar-refractivity contribution is 7.15. The Bertz CT molecular complexity index is 1370. The summed E-state index contributed by atoms with van der Waals surface area (Å²) in [5.74, 6) is 0.749. The van der Waals surface area contributed by atoms with E-state index in [4.69, 9.17) is 4.74 Å². The van der Waals surface area contributed by atoms with Gasteiger partial charge in [-0.25, -0.2) is 4.98 Å². The fourth-order valence-corrected chi connectivity index (χ4v) is 4.80. The van der Waals surface area contributed by atoms with Crippen LogP contribution in [0.1, 0.15) is 21.7 Å². The van der Waals surface area contributed by atoms with E-state index in [2.05, 4.69) is 14.9 Å². The second-order valence-electron chi connectivity index (χ2n) is 7.89. The molecule has 4 heterocycles. The van der Waals surface area contributed by atoms with Gasteiger partial charge in [-0.05, 0) is 25.1 Å². The zero-order valence-electron chi connectivity index (χ0n) is 17.9. The standard InChI is InChI=1S/C23H23N5O3S/c1-15-19(11-16-3-4-18(31-2)13-20(16)24-15)22(30)27-7-5-26(6-8-27)14-17-12-21(29)28-9-10-32-23(28)25-17/h3-4,9-13H,5-8,14H2,1-2H3. The van der Waals surface area contributed by atoms with Crippen molar-refractivity contribution in [1.82, 2.24) is 24.2 Å². The van der Waals surface area contributed by atoms with Crippen molar-refractivity contribution < 1.29 is 9.53 Å². The van der Waals surface area contributed by atoms with Gasteiger partial charge in [0.15, 0.2) is 4.96 Å².